The van der Waals surface area contributed by atoms with E-state index in [9.17, 15) is 4.79 Å². The maximum absolute atomic E-state index is 12.3. The lowest BCUT2D eigenvalue weighted by molar-refractivity contribution is -0.148. The number of carbonyl (C=O) groups is 1. The van der Waals surface area contributed by atoms with E-state index in [0.717, 1.165) is 29.4 Å². The van der Waals surface area contributed by atoms with E-state index in [1.54, 1.807) is 13.3 Å². The van der Waals surface area contributed by atoms with E-state index >= 15 is 0 Å². The number of hydrogen-bond donors (Lipinski definition) is 1. The number of rotatable bonds is 3. The van der Waals surface area contributed by atoms with E-state index in [0.29, 0.717) is 5.82 Å². The maximum Gasteiger partial charge on any atom is 0.257 e. The van der Waals surface area contributed by atoms with Crippen molar-refractivity contribution in [3.63, 3.8) is 0 Å². The topological polar surface area (TPSA) is 55.6 Å². The van der Waals surface area contributed by atoms with Crippen LogP contribution >= 0.6 is 15.9 Å². The fourth-order valence-corrected chi connectivity index (χ4v) is 2.77. The zero-order valence-electron chi connectivity index (χ0n) is 10.5. The molecule has 1 fully saturated rings. The monoisotopic (exact) mass is 323 g/mol. The van der Waals surface area contributed by atoms with Crippen LogP contribution in [0.5, 0.6) is 0 Å². The highest BCUT2D eigenvalue weighted by molar-refractivity contribution is 9.10. The standard InChI is InChI=1S/C13H14BrN3O2/c1-19-13(5-3-6-13)12(18)16-10-8-15-11-9(14)4-2-7-17(10)11/h2,4,7-8H,3,5-6H2,1H3,(H,16,18). The van der Waals surface area contributed by atoms with Crippen molar-refractivity contribution in [3.8, 4) is 0 Å². The lowest BCUT2D eigenvalue weighted by Gasteiger charge is -2.38. The Hall–Kier alpha value is -1.40. The number of hydrogen-bond acceptors (Lipinski definition) is 3. The van der Waals surface area contributed by atoms with Gasteiger partial charge in [0.2, 0.25) is 0 Å². The number of methoxy groups -OCH3 is 1. The number of carbonyl (C=O) groups excluding carboxylic acids is 1. The van der Waals surface area contributed by atoms with Gasteiger partial charge in [-0.3, -0.25) is 9.20 Å². The van der Waals surface area contributed by atoms with Crippen LogP contribution in [-0.4, -0.2) is 28.0 Å². The Balaban J connectivity index is 1.90. The van der Waals surface area contributed by atoms with Crippen molar-refractivity contribution >= 4 is 33.3 Å². The second-order valence-electron chi connectivity index (χ2n) is 4.70. The van der Waals surface area contributed by atoms with Crippen molar-refractivity contribution in [1.82, 2.24) is 9.38 Å². The number of ether oxygens (including phenoxy) is 1. The molecule has 1 amide bonds. The smallest absolute Gasteiger partial charge is 0.257 e. The van der Waals surface area contributed by atoms with Crippen LogP contribution in [0.15, 0.2) is 29.0 Å². The van der Waals surface area contributed by atoms with Crippen LogP contribution in [0.4, 0.5) is 5.82 Å². The lowest BCUT2D eigenvalue weighted by Crippen LogP contribution is -2.50. The minimum Gasteiger partial charge on any atom is -0.368 e. The first-order chi connectivity index (χ1) is 9.16. The zero-order valence-corrected chi connectivity index (χ0v) is 12.1. The summed E-state index contributed by atoms with van der Waals surface area (Å²) < 4.78 is 8.10. The van der Waals surface area contributed by atoms with Gasteiger partial charge in [0.1, 0.15) is 11.4 Å². The maximum atomic E-state index is 12.3. The number of aromatic nitrogens is 2. The van der Waals surface area contributed by atoms with Crippen LogP contribution < -0.4 is 5.32 Å². The quantitative estimate of drug-likeness (QED) is 0.944. The molecule has 2 aromatic rings. The van der Waals surface area contributed by atoms with Crippen molar-refractivity contribution in [1.29, 1.82) is 0 Å². The zero-order chi connectivity index (χ0) is 13.5. The molecule has 2 heterocycles. The summed E-state index contributed by atoms with van der Waals surface area (Å²) in [6.45, 7) is 0. The van der Waals surface area contributed by atoms with Gasteiger partial charge in [-0.2, -0.15) is 0 Å². The van der Waals surface area contributed by atoms with Crippen LogP contribution in [0.25, 0.3) is 5.65 Å². The van der Waals surface area contributed by atoms with Crippen molar-refractivity contribution in [2.24, 2.45) is 0 Å². The SMILES string of the molecule is COC1(C(=O)Nc2cnc3c(Br)cccn23)CCC1. The summed E-state index contributed by atoms with van der Waals surface area (Å²) >= 11 is 3.43. The third kappa shape index (κ3) is 1.95. The highest BCUT2D eigenvalue weighted by atomic mass is 79.9. The lowest BCUT2D eigenvalue weighted by atomic mass is 9.79. The van der Waals surface area contributed by atoms with Crippen LogP contribution in [0.2, 0.25) is 0 Å². The van der Waals surface area contributed by atoms with Gasteiger partial charge in [-0.1, -0.05) is 0 Å². The minimum atomic E-state index is -0.657. The van der Waals surface area contributed by atoms with Crippen LogP contribution in [0, 0.1) is 0 Å². The van der Waals surface area contributed by atoms with Gasteiger partial charge in [-0.15, -0.1) is 0 Å². The number of nitrogens with one attached hydrogen (secondary N) is 1. The fraction of sp³-hybridized carbons (Fsp3) is 0.385. The van der Waals surface area contributed by atoms with E-state index in [4.69, 9.17) is 4.74 Å². The summed E-state index contributed by atoms with van der Waals surface area (Å²) in [6.07, 6.45) is 6.09. The Bertz CT molecular complexity index is 628. The number of amides is 1. The predicted octanol–water partition coefficient (Wildman–Crippen LogP) is 2.60. The second kappa shape index (κ2) is 4.61. The normalized spacial score (nSPS) is 17.2. The van der Waals surface area contributed by atoms with Gasteiger partial charge in [0.25, 0.3) is 5.91 Å². The van der Waals surface area contributed by atoms with Crippen LogP contribution in [0.3, 0.4) is 0 Å². The summed E-state index contributed by atoms with van der Waals surface area (Å²) in [4.78, 5) is 16.6. The number of halogens is 1. The molecule has 0 aromatic carbocycles. The van der Waals surface area contributed by atoms with Crippen molar-refractivity contribution in [3.05, 3.63) is 29.0 Å². The highest BCUT2D eigenvalue weighted by Gasteiger charge is 2.44. The molecule has 2 aromatic heterocycles. The number of nitrogens with zero attached hydrogens (tertiary/aromatic N) is 2. The number of imidazole rings is 1. The van der Waals surface area contributed by atoms with Gasteiger partial charge in [-0.05, 0) is 47.3 Å². The van der Waals surface area contributed by atoms with Crippen LogP contribution in [0.1, 0.15) is 19.3 Å². The molecule has 0 spiro atoms. The molecule has 0 unspecified atom stereocenters. The molecule has 1 aliphatic carbocycles. The van der Waals surface area contributed by atoms with E-state index in [-0.39, 0.29) is 5.91 Å². The molecule has 0 saturated heterocycles. The van der Waals surface area contributed by atoms with E-state index in [1.165, 1.54) is 0 Å². The first-order valence-electron chi connectivity index (χ1n) is 6.14. The molecule has 19 heavy (non-hydrogen) atoms. The molecule has 1 saturated carbocycles. The second-order valence-corrected chi connectivity index (χ2v) is 5.55. The number of fused-ring (bicyclic) bond motifs is 1. The molecule has 0 bridgehead atoms. The average molecular weight is 324 g/mol. The molecule has 3 rings (SSSR count). The van der Waals surface area contributed by atoms with Gasteiger partial charge in [0.15, 0.2) is 5.65 Å². The summed E-state index contributed by atoms with van der Waals surface area (Å²) in [5, 5.41) is 2.90. The van der Waals surface area contributed by atoms with Gasteiger partial charge in [0.05, 0.1) is 10.7 Å². The first-order valence-corrected chi connectivity index (χ1v) is 6.94. The Morgan fingerprint density at radius 3 is 3.00 bits per heavy atom. The molecule has 0 aliphatic heterocycles. The average Bonchev–Trinajstić information content (AvgIpc) is 2.73. The summed E-state index contributed by atoms with van der Waals surface area (Å²) in [6, 6.07) is 3.81. The summed E-state index contributed by atoms with van der Waals surface area (Å²) in [5.74, 6) is 0.563. The molecule has 6 heteroatoms. The van der Waals surface area contributed by atoms with E-state index in [1.807, 2.05) is 22.7 Å². The highest BCUT2D eigenvalue weighted by Crippen LogP contribution is 2.36. The number of pyridine rings is 1. The third-order valence-electron chi connectivity index (χ3n) is 3.70. The van der Waals surface area contributed by atoms with E-state index in [2.05, 4.69) is 26.2 Å². The molecule has 5 nitrogen and oxygen atoms in total. The minimum absolute atomic E-state index is 0.0944. The molecule has 0 atom stereocenters. The molecule has 1 aliphatic rings. The van der Waals surface area contributed by atoms with Gasteiger partial charge < -0.3 is 10.1 Å². The third-order valence-corrected chi connectivity index (χ3v) is 4.31. The van der Waals surface area contributed by atoms with Gasteiger partial charge in [0, 0.05) is 13.3 Å². The molecule has 100 valence electrons. The Kier molecular flexibility index (Phi) is 3.06. The molecular formula is C13H14BrN3O2. The van der Waals surface area contributed by atoms with Crippen molar-refractivity contribution < 1.29 is 9.53 Å². The fourth-order valence-electron chi connectivity index (χ4n) is 2.32. The van der Waals surface area contributed by atoms with Gasteiger partial charge >= 0.3 is 0 Å². The Morgan fingerprint density at radius 1 is 1.58 bits per heavy atom. The molecular weight excluding hydrogens is 310 g/mol. The molecule has 0 radical (unpaired) electrons. The largest absolute Gasteiger partial charge is 0.368 e. The van der Waals surface area contributed by atoms with Crippen LogP contribution in [-0.2, 0) is 9.53 Å². The Morgan fingerprint density at radius 2 is 2.37 bits per heavy atom. The first kappa shape index (κ1) is 12.6. The summed E-state index contributed by atoms with van der Waals surface area (Å²) in [5.41, 5.74) is 0.119. The van der Waals surface area contributed by atoms with Crippen molar-refractivity contribution in [2.45, 2.75) is 24.9 Å². The van der Waals surface area contributed by atoms with Gasteiger partial charge in [-0.25, -0.2) is 4.98 Å². The summed E-state index contributed by atoms with van der Waals surface area (Å²) in [7, 11) is 1.59. The van der Waals surface area contributed by atoms with Crippen molar-refractivity contribution in [2.75, 3.05) is 12.4 Å². The predicted molar refractivity (Wildman–Crippen MR) is 75.1 cm³/mol. The number of anilines is 1. The van der Waals surface area contributed by atoms with E-state index < -0.39 is 5.60 Å². The molecule has 1 N–H and O–H groups in total. The Labute approximate surface area is 119 Å².